The molecule has 8 nitrogen and oxygen atoms in total. The number of carboxylic acid groups (broad SMARTS) is 1. The number of ether oxygens (including phenoxy) is 2. The molecule has 1 N–H and O–H groups in total. The number of carboxylic acids is 1. The fraction of sp³-hybridized carbons (Fsp3) is 0.238. The quantitative estimate of drug-likeness (QED) is 0.595. The maximum Gasteiger partial charge on any atom is 0.375 e. The Morgan fingerprint density at radius 1 is 1.17 bits per heavy atom. The van der Waals surface area contributed by atoms with Crippen LogP contribution in [-0.4, -0.2) is 45.0 Å². The summed E-state index contributed by atoms with van der Waals surface area (Å²) in [6, 6.07) is 13.5. The van der Waals surface area contributed by atoms with Gasteiger partial charge in [-0.25, -0.2) is 9.48 Å². The first-order valence-corrected chi connectivity index (χ1v) is 9.15. The number of hydrogen-bond donors (Lipinski definition) is 1. The molecule has 0 aliphatic carbocycles. The van der Waals surface area contributed by atoms with Crippen molar-refractivity contribution in [2.24, 2.45) is 0 Å². The number of tetrazole rings is 1. The second kappa shape index (κ2) is 9.50. The highest BCUT2D eigenvalue weighted by Gasteiger charge is 2.13. The van der Waals surface area contributed by atoms with Crippen molar-refractivity contribution in [3.05, 3.63) is 71.1 Å². The van der Waals surface area contributed by atoms with Crippen LogP contribution in [-0.2, 0) is 13.0 Å². The van der Waals surface area contributed by atoms with Crippen molar-refractivity contribution in [3.8, 4) is 11.5 Å². The first-order valence-electron chi connectivity index (χ1n) is 9.15. The van der Waals surface area contributed by atoms with E-state index in [4.69, 9.17) is 14.6 Å². The van der Waals surface area contributed by atoms with E-state index in [0.717, 1.165) is 23.3 Å². The molecule has 29 heavy (non-hydrogen) atoms. The lowest BCUT2D eigenvalue weighted by atomic mass is 10.1. The van der Waals surface area contributed by atoms with E-state index in [-0.39, 0.29) is 12.4 Å². The Kier molecular flexibility index (Phi) is 6.57. The molecule has 0 saturated carbocycles. The first-order chi connectivity index (χ1) is 14.1. The highest BCUT2D eigenvalue weighted by molar-refractivity contribution is 5.83. The second-order valence-electron chi connectivity index (χ2n) is 6.25. The van der Waals surface area contributed by atoms with Gasteiger partial charge in [-0.1, -0.05) is 37.3 Å². The van der Waals surface area contributed by atoms with Gasteiger partial charge in [-0.3, -0.25) is 0 Å². The van der Waals surface area contributed by atoms with Crippen LogP contribution < -0.4 is 9.47 Å². The van der Waals surface area contributed by atoms with E-state index >= 15 is 0 Å². The van der Waals surface area contributed by atoms with Gasteiger partial charge < -0.3 is 14.6 Å². The zero-order valence-electron chi connectivity index (χ0n) is 16.3. The second-order valence-corrected chi connectivity index (χ2v) is 6.25. The molecule has 0 aliphatic rings. The average Bonchev–Trinajstić information content (AvgIpc) is 3.21. The molecule has 0 aliphatic heterocycles. The third-order valence-corrected chi connectivity index (χ3v) is 4.33. The Bertz CT molecular complexity index is 996. The lowest BCUT2D eigenvalue weighted by Gasteiger charge is -2.08. The number of hydrogen-bond acceptors (Lipinski definition) is 6. The van der Waals surface area contributed by atoms with Crippen LogP contribution in [0.25, 0.3) is 6.08 Å². The summed E-state index contributed by atoms with van der Waals surface area (Å²) in [4.78, 5) is 11.1. The maximum atomic E-state index is 11.1. The van der Waals surface area contributed by atoms with E-state index < -0.39 is 5.97 Å². The number of aromatic nitrogens is 4. The van der Waals surface area contributed by atoms with Gasteiger partial charge in [0.2, 0.25) is 0 Å². The standard InChI is InChI=1S/C21H22N4O4/c1-3-15-6-9-17(19(13-15)28-2)5-4-12-29-18-10-7-16(8-11-18)14-25-20(21(26)27)22-23-24-25/h4-11,13H,3,12,14H2,1-2H3,(H,26,27)/b5-4+. The molecule has 8 heteroatoms. The van der Waals surface area contributed by atoms with Crippen LogP contribution in [0.3, 0.4) is 0 Å². The van der Waals surface area contributed by atoms with Gasteiger partial charge in [0, 0.05) is 5.56 Å². The lowest BCUT2D eigenvalue weighted by molar-refractivity contribution is 0.0677. The number of methoxy groups -OCH3 is 1. The molecule has 0 amide bonds. The number of rotatable bonds is 9. The summed E-state index contributed by atoms with van der Waals surface area (Å²) in [7, 11) is 1.67. The van der Waals surface area contributed by atoms with Gasteiger partial charge in [0.05, 0.1) is 13.7 Å². The summed E-state index contributed by atoms with van der Waals surface area (Å²) in [5.41, 5.74) is 3.09. The smallest absolute Gasteiger partial charge is 0.375 e. The number of benzene rings is 2. The Hall–Kier alpha value is -3.68. The van der Waals surface area contributed by atoms with Crippen LogP contribution in [0, 0.1) is 0 Å². The summed E-state index contributed by atoms with van der Waals surface area (Å²) in [5, 5.41) is 19.6. The van der Waals surface area contributed by atoms with Gasteiger partial charge in [-0.15, -0.1) is 5.10 Å². The van der Waals surface area contributed by atoms with Gasteiger partial charge in [0.15, 0.2) is 0 Å². The number of aromatic carboxylic acids is 1. The van der Waals surface area contributed by atoms with Crippen molar-refractivity contribution in [1.82, 2.24) is 20.2 Å². The summed E-state index contributed by atoms with van der Waals surface area (Å²) < 4.78 is 12.4. The van der Waals surface area contributed by atoms with Crippen molar-refractivity contribution in [2.75, 3.05) is 13.7 Å². The number of carbonyl (C=O) groups is 1. The van der Waals surface area contributed by atoms with Crippen LogP contribution in [0.1, 0.15) is 34.2 Å². The minimum Gasteiger partial charge on any atom is -0.496 e. The summed E-state index contributed by atoms with van der Waals surface area (Å²) in [6.07, 6.45) is 4.86. The maximum absolute atomic E-state index is 11.1. The lowest BCUT2D eigenvalue weighted by Crippen LogP contribution is -2.12. The van der Waals surface area contributed by atoms with E-state index in [9.17, 15) is 4.79 Å². The van der Waals surface area contributed by atoms with Crippen molar-refractivity contribution < 1.29 is 19.4 Å². The molecular formula is C21H22N4O4. The number of aryl methyl sites for hydroxylation is 1. The van der Waals surface area contributed by atoms with E-state index in [1.807, 2.05) is 48.6 Å². The minimum atomic E-state index is -1.16. The van der Waals surface area contributed by atoms with E-state index in [0.29, 0.717) is 12.4 Å². The van der Waals surface area contributed by atoms with Gasteiger partial charge in [0.1, 0.15) is 18.1 Å². The third kappa shape index (κ3) is 5.19. The largest absolute Gasteiger partial charge is 0.496 e. The molecule has 0 radical (unpaired) electrons. The fourth-order valence-corrected chi connectivity index (χ4v) is 2.76. The molecule has 0 fully saturated rings. The Labute approximate surface area is 168 Å². The topological polar surface area (TPSA) is 99.4 Å². The predicted octanol–water partition coefficient (Wildman–Crippen LogP) is 3.08. The van der Waals surface area contributed by atoms with Crippen molar-refractivity contribution >= 4 is 12.0 Å². The number of nitrogens with zero attached hydrogens (tertiary/aromatic N) is 4. The van der Waals surface area contributed by atoms with Crippen molar-refractivity contribution in [1.29, 1.82) is 0 Å². The van der Waals surface area contributed by atoms with Crippen LogP contribution in [0.2, 0.25) is 0 Å². The molecule has 1 heterocycles. The highest BCUT2D eigenvalue weighted by Crippen LogP contribution is 2.22. The highest BCUT2D eigenvalue weighted by atomic mass is 16.5. The molecule has 3 rings (SSSR count). The van der Waals surface area contributed by atoms with Gasteiger partial charge >= 0.3 is 5.97 Å². The molecule has 0 unspecified atom stereocenters. The van der Waals surface area contributed by atoms with Gasteiger partial charge in [-0.2, -0.15) is 0 Å². The molecular weight excluding hydrogens is 372 g/mol. The Morgan fingerprint density at radius 2 is 1.93 bits per heavy atom. The predicted molar refractivity (Wildman–Crippen MR) is 107 cm³/mol. The van der Waals surface area contributed by atoms with Crippen LogP contribution in [0.5, 0.6) is 11.5 Å². The average molecular weight is 394 g/mol. The SMILES string of the molecule is CCc1ccc(/C=C/COc2ccc(Cn3nnnc3C(=O)O)cc2)c(OC)c1. The fourth-order valence-electron chi connectivity index (χ4n) is 2.76. The monoisotopic (exact) mass is 394 g/mol. The van der Waals surface area contributed by atoms with E-state index in [1.54, 1.807) is 7.11 Å². The molecule has 3 aromatic rings. The zero-order valence-corrected chi connectivity index (χ0v) is 16.3. The third-order valence-electron chi connectivity index (χ3n) is 4.33. The summed E-state index contributed by atoms with van der Waals surface area (Å²) in [5.74, 6) is 0.190. The molecule has 150 valence electrons. The van der Waals surface area contributed by atoms with Crippen molar-refractivity contribution in [3.63, 3.8) is 0 Å². The molecule has 0 spiro atoms. The normalized spacial score (nSPS) is 11.0. The van der Waals surface area contributed by atoms with Crippen LogP contribution in [0.15, 0.2) is 48.5 Å². The van der Waals surface area contributed by atoms with Gasteiger partial charge in [0.25, 0.3) is 5.82 Å². The summed E-state index contributed by atoms with van der Waals surface area (Å²) >= 11 is 0. The van der Waals surface area contributed by atoms with Crippen molar-refractivity contribution in [2.45, 2.75) is 19.9 Å². The minimum absolute atomic E-state index is 0.196. The first kappa shape index (κ1) is 20.1. The summed E-state index contributed by atoms with van der Waals surface area (Å²) in [6.45, 7) is 2.79. The van der Waals surface area contributed by atoms with Crippen LogP contribution in [0.4, 0.5) is 0 Å². The Morgan fingerprint density at radius 3 is 2.62 bits per heavy atom. The van der Waals surface area contributed by atoms with Crippen LogP contribution >= 0.6 is 0 Å². The molecule has 0 bridgehead atoms. The molecule has 0 saturated heterocycles. The van der Waals surface area contributed by atoms with E-state index in [2.05, 4.69) is 28.5 Å². The zero-order chi connectivity index (χ0) is 20.6. The molecule has 0 atom stereocenters. The Balaban J connectivity index is 1.56. The van der Waals surface area contributed by atoms with E-state index in [1.165, 1.54) is 10.2 Å². The molecule has 2 aromatic carbocycles. The van der Waals surface area contributed by atoms with Gasteiger partial charge in [-0.05, 0) is 52.2 Å². The molecule has 1 aromatic heterocycles.